The maximum Gasteiger partial charge on any atom is 0.0500 e. The van der Waals surface area contributed by atoms with Gasteiger partial charge in [-0.2, -0.15) is 0 Å². The standard InChI is InChI=1S/C16H22Cl2N2/c17-13-2-1-3-14(18)16(13)15(8-19)20(9-11-4-5-11)10-12-6-7-12/h1-3,11-12,15H,4-10,19H2. The molecule has 2 saturated carbocycles. The predicted molar refractivity (Wildman–Crippen MR) is 85.3 cm³/mol. The minimum atomic E-state index is 0.150. The number of nitrogens with two attached hydrogens (primary N) is 1. The monoisotopic (exact) mass is 312 g/mol. The number of rotatable bonds is 7. The summed E-state index contributed by atoms with van der Waals surface area (Å²) in [6.07, 6.45) is 5.42. The van der Waals surface area contributed by atoms with Gasteiger partial charge in [0.1, 0.15) is 0 Å². The number of halogens is 2. The van der Waals surface area contributed by atoms with E-state index in [1.165, 1.54) is 25.7 Å². The molecule has 0 saturated heterocycles. The molecule has 3 rings (SSSR count). The quantitative estimate of drug-likeness (QED) is 0.820. The van der Waals surface area contributed by atoms with E-state index in [0.29, 0.717) is 6.54 Å². The van der Waals surface area contributed by atoms with Gasteiger partial charge in [0.15, 0.2) is 0 Å². The van der Waals surface area contributed by atoms with Crippen LogP contribution in [0.4, 0.5) is 0 Å². The highest BCUT2D eigenvalue weighted by atomic mass is 35.5. The molecular formula is C16H22Cl2N2. The van der Waals surface area contributed by atoms with Crippen LogP contribution in [0.1, 0.15) is 37.3 Å². The topological polar surface area (TPSA) is 29.3 Å². The summed E-state index contributed by atoms with van der Waals surface area (Å²) in [6.45, 7) is 2.85. The van der Waals surface area contributed by atoms with E-state index < -0.39 is 0 Å². The van der Waals surface area contributed by atoms with Crippen LogP contribution in [0.25, 0.3) is 0 Å². The van der Waals surface area contributed by atoms with Gasteiger partial charge < -0.3 is 5.73 Å². The fourth-order valence-corrected chi connectivity index (χ4v) is 3.52. The first-order chi connectivity index (χ1) is 9.69. The Balaban J connectivity index is 1.83. The lowest BCUT2D eigenvalue weighted by Crippen LogP contribution is -2.37. The molecule has 1 aromatic rings. The summed E-state index contributed by atoms with van der Waals surface area (Å²) in [6, 6.07) is 5.88. The van der Waals surface area contributed by atoms with Crippen molar-refractivity contribution in [2.45, 2.75) is 31.7 Å². The van der Waals surface area contributed by atoms with Crippen LogP contribution >= 0.6 is 23.2 Å². The van der Waals surface area contributed by atoms with E-state index in [0.717, 1.165) is 40.5 Å². The number of hydrogen-bond acceptors (Lipinski definition) is 2. The molecule has 0 bridgehead atoms. The van der Waals surface area contributed by atoms with E-state index in [1.54, 1.807) is 0 Å². The van der Waals surface area contributed by atoms with Crippen LogP contribution < -0.4 is 5.73 Å². The van der Waals surface area contributed by atoms with Gasteiger partial charge in [-0.3, -0.25) is 4.90 Å². The Labute approximate surface area is 131 Å². The second-order valence-electron chi connectivity index (χ2n) is 6.23. The van der Waals surface area contributed by atoms with Crippen LogP contribution in [0.15, 0.2) is 18.2 Å². The van der Waals surface area contributed by atoms with Crippen LogP contribution in [0.3, 0.4) is 0 Å². The predicted octanol–water partition coefficient (Wildman–Crippen LogP) is 4.12. The second kappa shape index (κ2) is 6.23. The van der Waals surface area contributed by atoms with Crippen molar-refractivity contribution >= 4 is 23.2 Å². The van der Waals surface area contributed by atoms with Crippen molar-refractivity contribution in [2.24, 2.45) is 17.6 Å². The van der Waals surface area contributed by atoms with Crippen LogP contribution in [0.5, 0.6) is 0 Å². The maximum atomic E-state index is 6.38. The van der Waals surface area contributed by atoms with Crippen molar-refractivity contribution < 1.29 is 0 Å². The summed E-state index contributed by atoms with van der Waals surface area (Å²) >= 11 is 12.8. The van der Waals surface area contributed by atoms with Crippen molar-refractivity contribution in [2.75, 3.05) is 19.6 Å². The van der Waals surface area contributed by atoms with E-state index in [2.05, 4.69) is 4.90 Å². The van der Waals surface area contributed by atoms with Crippen molar-refractivity contribution in [3.05, 3.63) is 33.8 Å². The Morgan fingerprint density at radius 2 is 1.55 bits per heavy atom. The third kappa shape index (κ3) is 3.48. The Morgan fingerprint density at radius 1 is 1.05 bits per heavy atom. The van der Waals surface area contributed by atoms with Gasteiger partial charge in [0, 0.05) is 41.3 Å². The van der Waals surface area contributed by atoms with Gasteiger partial charge in [-0.05, 0) is 49.7 Å². The maximum absolute atomic E-state index is 6.38. The molecule has 0 amide bonds. The van der Waals surface area contributed by atoms with E-state index in [9.17, 15) is 0 Å². The Morgan fingerprint density at radius 3 is 1.95 bits per heavy atom. The molecule has 2 fully saturated rings. The third-order valence-corrected chi connectivity index (χ3v) is 5.04. The minimum absolute atomic E-state index is 0.150. The molecular weight excluding hydrogens is 291 g/mol. The first-order valence-corrected chi connectivity index (χ1v) is 8.32. The highest BCUT2D eigenvalue weighted by Crippen LogP contribution is 2.39. The van der Waals surface area contributed by atoms with Crippen LogP contribution in [0, 0.1) is 11.8 Å². The van der Waals surface area contributed by atoms with E-state index in [-0.39, 0.29) is 6.04 Å². The molecule has 2 aliphatic carbocycles. The molecule has 20 heavy (non-hydrogen) atoms. The largest absolute Gasteiger partial charge is 0.329 e. The lowest BCUT2D eigenvalue weighted by atomic mass is 10.0. The Bertz CT molecular complexity index is 435. The molecule has 2 aliphatic rings. The lowest BCUT2D eigenvalue weighted by molar-refractivity contribution is 0.185. The van der Waals surface area contributed by atoms with Crippen molar-refractivity contribution in [1.82, 2.24) is 4.90 Å². The van der Waals surface area contributed by atoms with Gasteiger partial charge >= 0.3 is 0 Å². The molecule has 2 nitrogen and oxygen atoms in total. The van der Waals surface area contributed by atoms with Gasteiger partial charge in [-0.25, -0.2) is 0 Å². The normalized spacial score (nSPS) is 20.4. The molecule has 1 aromatic carbocycles. The number of benzene rings is 1. The average Bonchev–Trinajstić information content (AvgIpc) is 3.29. The summed E-state index contributed by atoms with van der Waals surface area (Å²) in [4.78, 5) is 2.53. The van der Waals surface area contributed by atoms with Gasteiger partial charge in [-0.15, -0.1) is 0 Å². The first kappa shape index (κ1) is 14.6. The molecule has 0 radical (unpaired) electrons. The summed E-state index contributed by atoms with van der Waals surface area (Å²) in [5, 5.41) is 1.48. The zero-order valence-corrected chi connectivity index (χ0v) is 13.2. The molecule has 1 atom stereocenters. The van der Waals surface area contributed by atoms with Gasteiger partial charge in [0.2, 0.25) is 0 Å². The molecule has 0 aromatic heterocycles. The van der Waals surface area contributed by atoms with Gasteiger partial charge in [0.05, 0.1) is 0 Å². The molecule has 0 aliphatic heterocycles. The molecule has 2 N–H and O–H groups in total. The summed E-state index contributed by atoms with van der Waals surface area (Å²) in [5.41, 5.74) is 7.09. The molecule has 0 heterocycles. The minimum Gasteiger partial charge on any atom is -0.329 e. The van der Waals surface area contributed by atoms with Gasteiger partial charge in [-0.1, -0.05) is 29.3 Å². The van der Waals surface area contributed by atoms with Crippen LogP contribution in [-0.2, 0) is 0 Å². The number of hydrogen-bond donors (Lipinski definition) is 1. The fraction of sp³-hybridized carbons (Fsp3) is 0.625. The van der Waals surface area contributed by atoms with Crippen molar-refractivity contribution in [1.29, 1.82) is 0 Å². The molecule has 0 spiro atoms. The highest BCUT2D eigenvalue weighted by Gasteiger charge is 2.33. The summed E-state index contributed by atoms with van der Waals surface area (Å²) in [7, 11) is 0. The first-order valence-electron chi connectivity index (χ1n) is 7.57. The zero-order chi connectivity index (χ0) is 14.1. The van der Waals surface area contributed by atoms with Crippen LogP contribution in [-0.4, -0.2) is 24.5 Å². The average molecular weight is 313 g/mol. The zero-order valence-electron chi connectivity index (χ0n) is 11.7. The van der Waals surface area contributed by atoms with E-state index >= 15 is 0 Å². The smallest absolute Gasteiger partial charge is 0.0500 e. The molecule has 1 unspecified atom stereocenters. The highest BCUT2D eigenvalue weighted by molar-refractivity contribution is 6.36. The fourth-order valence-electron chi connectivity index (χ4n) is 2.87. The van der Waals surface area contributed by atoms with Gasteiger partial charge in [0.25, 0.3) is 0 Å². The second-order valence-corrected chi connectivity index (χ2v) is 7.04. The van der Waals surface area contributed by atoms with E-state index in [4.69, 9.17) is 28.9 Å². The van der Waals surface area contributed by atoms with Crippen LogP contribution in [0.2, 0.25) is 10.0 Å². The van der Waals surface area contributed by atoms with Crippen molar-refractivity contribution in [3.8, 4) is 0 Å². The van der Waals surface area contributed by atoms with E-state index in [1.807, 2.05) is 18.2 Å². The lowest BCUT2D eigenvalue weighted by Gasteiger charge is -2.32. The Hall–Kier alpha value is -0.280. The third-order valence-electron chi connectivity index (χ3n) is 4.38. The summed E-state index contributed by atoms with van der Waals surface area (Å²) < 4.78 is 0. The van der Waals surface area contributed by atoms with Crippen molar-refractivity contribution in [3.63, 3.8) is 0 Å². The molecule has 110 valence electrons. The molecule has 4 heteroatoms. The Kier molecular flexibility index (Phi) is 4.56. The number of nitrogens with zero attached hydrogens (tertiary/aromatic N) is 1. The SMILES string of the molecule is NCC(c1c(Cl)cccc1Cl)N(CC1CC1)CC1CC1. The summed E-state index contributed by atoms with van der Waals surface area (Å²) in [5.74, 6) is 1.70.